The number of nitrogens with one attached hydrogen (secondary N) is 1. The molecule has 3 rings (SSSR count). The van der Waals surface area contributed by atoms with E-state index in [2.05, 4.69) is 42.6 Å². The molecular weight excluding hydrogens is 216 g/mol. The molecule has 0 amide bonds. The van der Waals surface area contributed by atoms with Crippen LogP contribution in [0.15, 0.2) is 35.3 Å². The van der Waals surface area contributed by atoms with Gasteiger partial charge in [0.15, 0.2) is 5.17 Å². The zero-order valence-corrected chi connectivity index (χ0v) is 10.3. The topological polar surface area (TPSA) is 24.4 Å². The molecule has 84 valence electrons. The Morgan fingerprint density at radius 1 is 1.31 bits per heavy atom. The van der Waals surface area contributed by atoms with Gasteiger partial charge in [-0.05, 0) is 25.3 Å². The Hall–Kier alpha value is -0.960. The lowest BCUT2D eigenvalue weighted by Gasteiger charge is -2.11. The summed E-state index contributed by atoms with van der Waals surface area (Å²) in [6.07, 6.45) is 2.56. The van der Waals surface area contributed by atoms with Gasteiger partial charge in [-0.2, -0.15) is 0 Å². The minimum atomic E-state index is 0.344. The Morgan fingerprint density at radius 2 is 2.06 bits per heavy atom. The van der Waals surface area contributed by atoms with Crippen LogP contribution < -0.4 is 5.32 Å². The van der Waals surface area contributed by atoms with Crippen LogP contribution in [-0.2, 0) is 0 Å². The fourth-order valence-corrected chi connectivity index (χ4v) is 2.96. The number of hydrogen-bond donors (Lipinski definition) is 1. The summed E-state index contributed by atoms with van der Waals surface area (Å²) in [7, 11) is 0. The molecule has 1 aliphatic heterocycles. The minimum Gasteiger partial charge on any atom is -0.360 e. The first-order valence-corrected chi connectivity index (χ1v) is 6.77. The molecule has 1 saturated carbocycles. The molecule has 1 aliphatic carbocycles. The van der Waals surface area contributed by atoms with Gasteiger partial charge in [0, 0.05) is 11.3 Å². The van der Waals surface area contributed by atoms with Gasteiger partial charge in [0.25, 0.3) is 0 Å². The molecule has 16 heavy (non-hydrogen) atoms. The van der Waals surface area contributed by atoms with Gasteiger partial charge in [-0.25, -0.2) is 0 Å². The maximum Gasteiger partial charge on any atom is 0.157 e. The van der Waals surface area contributed by atoms with Crippen LogP contribution in [0.4, 0.5) is 0 Å². The first kappa shape index (κ1) is 10.2. The van der Waals surface area contributed by atoms with Crippen molar-refractivity contribution in [2.45, 2.75) is 31.3 Å². The van der Waals surface area contributed by atoms with E-state index in [9.17, 15) is 0 Å². The maximum atomic E-state index is 4.75. The second-order valence-corrected chi connectivity index (χ2v) is 5.87. The largest absolute Gasteiger partial charge is 0.360 e. The maximum absolute atomic E-state index is 4.75. The van der Waals surface area contributed by atoms with Crippen LogP contribution >= 0.6 is 11.8 Å². The molecule has 1 N–H and O–H groups in total. The normalized spacial score (nSPS) is 26.3. The van der Waals surface area contributed by atoms with Gasteiger partial charge in [0.05, 0.1) is 6.04 Å². The van der Waals surface area contributed by atoms with Crippen molar-refractivity contribution in [1.82, 2.24) is 5.32 Å². The number of nitrogens with zero attached hydrogens (tertiary/aromatic N) is 1. The molecule has 3 heteroatoms. The predicted molar refractivity (Wildman–Crippen MR) is 69.9 cm³/mol. The number of benzene rings is 1. The second-order valence-electron chi connectivity index (χ2n) is 4.86. The van der Waals surface area contributed by atoms with Crippen LogP contribution in [-0.4, -0.2) is 16.5 Å². The third kappa shape index (κ3) is 2.09. The van der Waals surface area contributed by atoms with E-state index in [1.807, 2.05) is 11.8 Å². The molecule has 0 bridgehead atoms. The van der Waals surface area contributed by atoms with Gasteiger partial charge < -0.3 is 5.32 Å². The van der Waals surface area contributed by atoms with Gasteiger partial charge in [0.1, 0.15) is 0 Å². The van der Waals surface area contributed by atoms with Crippen LogP contribution in [0.1, 0.15) is 31.4 Å². The quantitative estimate of drug-likeness (QED) is 0.847. The smallest absolute Gasteiger partial charge is 0.157 e. The van der Waals surface area contributed by atoms with Gasteiger partial charge in [0.2, 0.25) is 0 Å². The van der Waals surface area contributed by atoms with Crippen molar-refractivity contribution >= 4 is 16.9 Å². The van der Waals surface area contributed by atoms with Crippen LogP contribution in [0.3, 0.4) is 0 Å². The highest BCUT2D eigenvalue weighted by molar-refractivity contribution is 8.14. The lowest BCUT2D eigenvalue weighted by Crippen LogP contribution is -2.31. The third-order valence-corrected chi connectivity index (χ3v) is 4.21. The van der Waals surface area contributed by atoms with Gasteiger partial charge >= 0.3 is 0 Å². The molecule has 1 aromatic carbocycles. The van der Waals surface area contributed by atoms with Gasteiger partial charge in [-0.1, -0.05) is 42.1 Å². The van der Waals surface area contributed by atoms with E-state index >= 15 is 0 Å². The summed E-state index contributed by atoms with van der Waals surface area (Å²) in [5.41, 5.74) is 1.67. The zero-order chi connectivity index (χ0) is 11.0. The molecule has 1 unspecified atom stereocenters. The van der Waals surface area contributed by atoms with E-state index in [1.165, 1.54) is 18.4 Å². The van der Waals surface area contributed by atoms with Crippen molar-refractivity contribution in [2.75, 3.05) is 5.75 Å². The molecule has 0 radical (unpaired) electrons. The summed E-state index contributed by atoms with van der Waals surface area (Å²) in [4.78, 5) is 4.75. The molecule has 1 heterocycles. The first-order valence-electron chi connectivity index (χ1n) is 5.79. The van der Waals surface area contributed by atoms with Crippen molar-refractivity contribution < 1.29 is 0 Å². The summed E-state index contributed by atoms with van der Waals surface area (Å²) in [5, 5.41) is 4.68. The molecule has 0 spiro atoms. The molecular formula is C13H16N2S. The highest BCUT2D eigenvalue weighted by atomic mass is 32.2. The molecule has 2 aliphatic rings. The Labute approximate surface area is 101 Å². The Morgan fingerprint density at radius 3 is 2.75 bits per heavy atom. The average Bonchev–Trinajstić information content (AvgIpc) is 2.86. The summed E-state index contributed by atoms with van der Waals surface area (Å²) in [6.45, 7) is 2.27. The highest BCUT2D eigenvalue weighted by Gasteiger charge is 2.39. The van der Waals surface area contributed by atoms with Gasteiger partial charge in [-0.15, -0.1) is 0 Å². The standard InChI is InChI=1S/C13H16N2S/c1-13(7-8-13)15-12-14-11(9-16-12)10-5-3-2-4-6-10/h2-6,11H,7-9H2,1H3,(H,14,15). The number of aliphatic imine (C=N–C) groups is 1. The number of thioether (sulfide) groups is 1. The van der Waals surface area contributed by atoms with Crippen molar-refractivity contribution in [3.8, 4) is 0 Å². The molecule has 0 aromatic heterocycles. The minimum absolute atomic E-state index is 0.344. The third-order valence-electron chi connectivity index (χ3n) is 3.24. The van der Waals surface area contributed by atoms with Crippen LogP contribution in [0, 0.1) is 0 Å². The lowest BCUT2D eigenvalue weighted by molar-refractivity contribution is 0.669. The summed E-state index contributed by atoms with van der Waals surface area (Å²) >= 11 is 1.85. The predicted octanol–water partition coefficient (Wildman–Crippen LogP) is 2.97. The number of hydrogen-bond acceptors (Lipinski definition) is 3. The van der Waals surface area contributed by atoms with E-state index in [0.29, 0.717) is 11.6 Å². The Balaban J connectivity index is 1.71. The van der Waals surface area contributed by atoms with E-state index < -0.39 is 0 Å². The van der Waals surface area contributed by atoms with Crippen LogP contribution in [0.2, 0.25) is 0 Å². The summed E-state index contributed by atoms with van der Waals surface area (Å²) < 4.78 is 0. The molecule has 0 saturated heterocycles. The first-order chi connectivity index (χ1) is 7.75. The highest BCUT2D eigenvalue weighted by Crippen LogP contribution is 2.37. The van der Waals surface area contributed by atoms with E-state index in [0.717, 1.165) is 10.9 Å². The molecule has 1 aromatic rings. The Bertz CT molecular complexity index is 409. The van der Waals surface area contributed by atoms with E-state index in [4.69, 9.17) is 4.99 Å². The number of rotatable bonds is 2. The molecule has 1 atom stereocenters. The van der Waals surface area contributed by atoms with Crippen molar-refractivity contribution in [1.29, 1.82) is 0 Å². The fourth-order valence-electron chi connectivity index (χ4n) is 1.86. The Kier molecular flexibility index (Phi) is 2.43. The van der Waals surface area contributed by atoms with Crippen molar-refractivity contribution in [2.24, 2.45) is 4.99 Å². The number of amidine groups is 1. The van der Waals surface area contributed by atoms with Crippen molar-refractivity contribution in [3.63, 3.8) is 0 Å². The van der Waals surface area contributed by atoms with Crippen LogP contribution in [0.25, 0.3) is 0 Å². The van der Waals surface area contributed by atoms with Crippen LogP contribution in [0.5, 0.6) is 0 Å². The zero-order valence-electron chi connectivity index (χ0n) is 9.44. The molecule has 2 nitrogen and oxygen atoms in total. The summed E-state index contributed by atoms with van der Waals surface area (Å²) in [5.74, 6) is 1.07. The monoisotopic (exact) mass is 232 g/mol. The molecule has 1 fully saturated rings. The van der Waals surface area contributed by atoms with Crippen molar-refractivity contribution in [3.05, 3.63) is 35.9 Å². The SMILES string of the molecule is CC1(NC2=NC(c3ccccc3)CS2)CC1. The van der Waals surface area contributed by atoms with E-state index in [-0.39, 0.29) is 0 Å². The second kappa shape index (κ2) is 3.81. The lowest BCUT2D eigenvalue weighted by atomic mass is 10.1. The van der Waals surface area contributed by atoms with E-state index in [1.54, 1.807) is 0 Å². The summed E-state index contributed by atoms with van der Waals surface area (Å²) in [6, 6.07) is 10.9. The van der Waals surface area contributed by atoms with Gasteiger partial charge in [-0.3, -0.25) is 4.99 Å². The average molecular weight is 232 g/mol. The fraction of sp³-hybridized carbons (Fsp3) is 0.462.